The van der Waals surface area contributed by atoms with Crippen molar-refractivity contribution < 1.29 is 0 Å². The van der Waals surface area contributed by atoms with E-state index in [1.54, 1.807) is 6.20 Å². The van der Waals surface area contributed by atoms with Crippen LogP contribution in [-0.2, 0) is 6.54 Å². The first-order chi connectivity index (χ1) is 8.83. The van der Waals surface area contributed by atoms with Crippen LogP contribution in [0.1, 0.15) is 36.2 Å². The Bertz CT molecular complexity index is 508. The second-order valence-electron chi connectivity index (χ2n) is 4.69. The van der Waals surface area contributed by atoms with Gasteiger partial charge in [0, 0.05) is 18.6 Å². The van der Waals surface area contributed by atoms with Gasteiger partial charge in [-0.1, -0.05) is 0 Å². The van der Waals surface area contributed by atoms with Crippen LogP contribution in [0.2, 0.25) is 0 Å². The van der Waals surface area contributed by atoms with Crippen LogP contribution in [0.15, 0.2) is 24.7 Å². The third-order valence-corrected chi connectivity index (χ3v) is 3.41. The van der Waals surface area contributed by atoms with Gasteiger partial charge in [-0.2, -0.15) is 0 Å². The molecule has 0 saturated carbocycles. The van der Waals surface area contributed by atoms with Gasteiger partial charge in [0.15, 0.2) is 0 Å². The number of nitrogens with one attached hydrogen (secondary N) is 1. The van der Waals surface area contributed by atoms with Crippen LogP contribution in [-0.4, -0.2) is 31.4 Å². The minimum Gasteiger partial charge on any atom is -0.348 e. The molecular formula is C13H17N5. The summed E-state index contributed by atoms with van der Waals surface area (Å²) in [5.41, 5.74) is 1.13. The lowest BCUT2D eigenvalue weighted by atomic mass is 10.1. The first-order valence-corrected chi connectivity index (χ1v) is 6.35. The SMILES string of the molecule is Cc1nccc([C@@H]2CCCN2Cc2ncc[nH]2)n1. The van der Waals surface area contributed by atoms with Crippen molar-refractivity contribution in [1.82, 2.24) is 24.8 Å². The van der Waals surface area contributed by atoms with E-state index < -0.39 is 0 Å². The van der Waals surface area contributed by atoms with E-state index >= 15 is 0 Å². The summed E-state index contributed by atoms with van der Waals surface area (Å²) < 4.78 is 0. The number of aryl methyl sites for hydroxylation is 1. The van der Waals surface area contributed by atoms with Crippen LogP contribution in [0.5, 0.6) is 0 Å². The Morgan fingerprint density at radius 3 is 3.11 bits per heavy atom. The van der Waals surface area contributed by atoms with Gasteiger partial charge in [0.25, 0.3) is 0 Å². The molecule has 5 heteroatoms. The topological polar surface area (TPSA) is 57.7 Å². The van der Waals surface area contributed by atoms with Crippen molar-refractivity contribution in [2.75, 3.05) is 6.54 Å². The highest BCUT2D eigenvalue weighted by atomic mass is 15.2. The van der Waals surface area contributed by atoms with E-state index in [1.807, 2.05) is 25.4 Å². The monoisotopic (exact) mass is 243 g/mol. The molecule has 0 aromatic carbocycles. The number of likely N-dealkylation sites (tertiary alicyclic amines) is 1. The van der Waals surface area contributed by atoms with Crippen molar-refractivity contribution in [3.05, 3.63) is 42.0 Å². The third-order valence-electron chi connectivity index (χ3n) is 3.41. The van der Waals surface area contributed by atoms with Gasteiger partial charge < -0.3 is 4.98 Å². The maximum atomic E-state index is 4.55. The average Bonchev–Trinajstić information content (AvgIpc) is 3.01. The van der Waals surface area contributed by atoms with Crippen molar-refractivity contribution >= 4 is 0 Å². The fourth-order valence-corrected chi connectivity index (χ4v) is 2.59. The van der Waals surface area contributed by atoms with Crippen molar-refractivity contribution in [3.8, 4) is 0 Å². The van der Waals surface area contributed by atoms with E-state index in [0.717, 1.165) is 36.9 Å². The van der Waals surface area contributed by atoms with Crippen LogP contribution >= 0.6 is 0 Å². The molecule has 3 rings (SSSR count). The second kappa shape index (κ2) is 4.86. The molecule has 0 aliphatic carbocycles. The van der Waals surface area contributed by atoms with Crippen molar-refractivity contribution in [2.24, 2.45) is 0 Å². The molecule has 1 aliphatic heterocycles. The summed E-state index contributed by atoms with van der Waals surface area (Å²) in [5, 5.41) is 0. The highest BCUT2D eigenvalue weighted by Gasteiger charge is 2.27. The molecule has 0 spiro atoms. The molecule has 3 heterocycles. The van der Waals surface area contributed by atoms with Gasteiger partial charge >= 0.3 is 0 Å². The number of nitrogens with zero attached hydrogens (tertiary/aromatic N) is 4. The molecule has 5 nitrogen and oxygen atoms in total. The number of aromatic nitrogens is 4. The smallest absolute Gasteiger partial charge is 0.125 e. The quantitative estimate of drug-likeness (QED) is 0.893. The standard InChI is InChI=1S/C13H17N5/c1-10-14-5-4-11(17-10)12-3-2-8-18(12)9-13-15-6-7-16-13/h4-7,12H,2-3,8-9H2,1H3,(H,15,16)/t12-/m0/s1. The summed E-state index contributed by atoms with van der Waals surface area (Å²) in [4.78, 5) is 18.6. The Morgan fingerprint density at radius 2 is 2.33 bits per heavy atom. The molecule has 1 fully saturated rings. The van der Waals surface area contributed by atoms with Crippen molar-refractivity contribution in [3.63, 3.8) is 0 Å². The summed E-state index contributed by atoms with van der Waals surface area (Å²) in [7, 11) is 0. The number of imidazole rings is 1. The Kier molecular flexibility index (Phi) is 3.06. The summed E-state index contributed by atoms with van der Waals surface area (Å²) in [6.07, 6.45) is 7.90. The largest absolute Gasteiger partial charge is 0.348 e. The molecule has 0 amide bonds. The Hall–Kier alpha value is -1.75. The summed E-state index contributed by atoms with van der Waals surface area (Å²) in [5.74, 6) is 1.87. The molecule has 1 aliphatic rings. The first kappa shape index (κ1) is 11.3. The molecule has 1 saturated heterocycles. The van der Waals surface area contributed by atoms with Crippen molar-refractivity contribution in [2.45, 2.75) is 32.4 Å². The van der Waals surface area contributed by atoms with Gasteiger partial charge in [-0.3, -0.25) is 4.90 Å². The Morgan fingerprint density at radius 1 is 1.39 bits per heavy atom. The van der Waals surface area contributed by atoms with Crippen LogP contribution in [0.4, 0.5) is 0 Å². The molecule has 2 aromatic rings. The number of hydrogen-bond acceptors (Lipinski definition) is 4. The maximum absolute atomic E-state index is 4.55. The summed E-state index contributed by atoms with van der Waals surface area (Å²) in [6.45, 7) is 3.91. The van der Waals surface area contributed by atoms with E-state index in [9.17, 15) is 0 Å². The van der Waals surface area contributed by atoms with Gasteiger partial charge in [0.2, 0.25) is 0 Å². The molecule has 18 heavy (non-hydrogen) atoms. The highest BCUT2D eigenvalue weighted by molar-refractivity contribution is 5.09. The fraction of sp³-hybridized carbons (Fsp3) is 0.462. The predicted molar refractivity (Wildman–Crippen MR) is 67.7 cm³/mol. The van der Waals surface area contributed by atoms with E-state index in [1.165, 1.54) is 6.42 Å². The number of aromatic amines is 1. The lowest BCUT2D eigenvalue weighted by Crippen LogP contribution is -2.24. The third kappa shape index (κ3) is 2.26. The highest BCUT2D eigenvalue weighted by Crippen LogP contribution is 2.31. The van der Waals surface area contributed by atoms with Crippen LogP contribution in [0, 0.1) is 6.92 Å². The normalized spacial score (nSPS) is 20.4. The van der Waals surface area contributed by atoms with Crippen molar-refractivity contribution in [1.29, 1.82) is 0 Å². The summed E-state index contributed by atoms with van der Waals surface area (Å²) in [6, 6.07) is 2.43. The molecule has 0 radical (unpaired) electrons. The second-order valence-corrected chi connectivity index (χ2v) is 4.69. The first-order valence-electron chi connectivity index (χ1n) is 6.35. The zero-order valence-electron chi connectivity index (χ0n) is 10.5. The van der Waals surface area contributed by atoms with Crippen LogP contribution in [0.3, 0.4) is 0 Å². The minimum atomic E-state index is 0.400. The Balaban J connectivity index is 1.79. The fourth-order valence-electron chi connectivity index (χ4n) is 2.59. The van der Waals surface area contributed by atoms with Gasteiger partial charge in [-0.15, -0.1) is 0 Å². The molecule has 0 bridgehead atoms. The lowest BCUT2D eigenvalue weighted by molar-refractivity contribution is 0.238. The maximum Gasteiger partial charge on any atom is 0.125 e. The minimum absolute atomic E-state index is 0.400. The van der Waals surface area contributed by atoms with Crippen LogP contribution in [0.25, 0.3) is 0 Å². The molecule has 2 aromatic heterocycles. The van der Waals surface area contributed by atoms with Gasteiger partial charge in [0.05, 0.1) is 18.3 Å². The number of H-pyrrole nitrogens is 1. The van der Waals surface area contributed by atoms with Crippen LogP contribution < -0.4 is 0 Å². The molecule has 94 valence electrons. The lowest BCUT2D eigenvalue weighted by Gasteiger charge is -2.22. The average molecular weight is 243 g/mol. The Labute approximate surface area is 106 Å². The summed E-state index contributed by atoms with van der Waals surface area (Å²) >= 11 is 0. The molecular weight excluding hydrogens is 226 g/mol. The zero-order chi connectivity index (χ0) is 12.4. The molecule has 1 N–H and O–H groups in total. The van der Waals surface area contributed by atoms with E-state index in [0.29, 0.717) is 6.04 Å². The predicted octanol–water partition coefficient (Wildman–Crippen LogP) is 1.85. The van der Waals surface area contributed by atoms with Gasteiger partial charge in [0.1, 0.15) is 11.6 Å². The molecule has 1 atom stereocenters. The van der Waals surface area contributed by atoms with Gasteiger partial charge in [-0.25, -0.2) is 15.0 Å². The van der Waals surface area contributed by atoms with E-state index in [2.05, 4.69) is 24.8 Å². The molecule has 0 unspecified atom stereocenters. The van der Waals surface area contributed by atoms with E-state index in [4.69, 9.17) is 0 Å². The number of hydrogen-bond donors (Lipinski definition) is 1. The van der Waals surface area contributed by atoms with E-state index in [-0.39, 0.29) is 0 Å². The number of rotatable bonds is 3. The zero-order valence-corrected chi connectivity index (χ0v) is 10.5. The van der Waals surface area contributed by atoms with Gasteiger partial charge in [-0.05, 0) is 32.4 Å².